The monoisotopic (exact) mass is 292 g/mol. The van der Waals surface area contributed by atoms with Gasteiger partial charge in [0.2, 0.25) is 5.88 Å². The summed E-state index contributed by atoms with van der Waals surface area (Å²) in [5.74, 6) is 1.02. The molecule has 2 aromatic heterocycles. The summed E-state index contributed by atoms with van der Waals surface area (Å²) < 4.78 is 9.12. The van der Waals surface area contributed by atoms with Gasteiger partial charge in [-0.2, -0.15) is 0 Å². The molecule has 0 radical (unpaired) electrons. The lowest BCUT2D eigenvalue weighted by atomic mass is 10.2. The predicted molar refractivity (Wildman–Crippen MR) is 88.0 cm³/mol. The normalized spacial score (nSPS) is 11.4. The van der Waals surface area contributed by atoms with E-state index in [-0.39, 0.29) is 5.88 Å². The van der Waals surface area contributed by atoms with Crippen LogP contribution in [0.4, 0.5) is 0 Å². The van der Waals surface area contributed by atoms with Crippen LogP contribution in [0.2, 0.25) is 0 Å². The number of aromatic nitrogens is 2. The molecule has 1 N–H and O–H groups in total. The van der Waals surface area contributed by atoms with Crippen molar-refractivity contribution >= 4 is 21.7 Å². The minimum absolute atomic E-state index is 0.242. The number of ether oxygens (including phenoxy) is 1. The highest BCUT2D eigenvalue weighted by Gasteiger charge is 2.11. The Morgan fingerprint density at radius 1 is 1.00 bits per heavy atom. The van der Waals surface area contributed by atoms with Crippen molar-refractivity contribution in [1.82, 2.24) is 9.13 Å². The smallest absolute Gasteiger partial charge is 0.203 e. The zero-order valence-corrected chi connectivity index (χ0v) is 12.4. The van der Waals surface area contributed by atoms with Crippen molar-refractivity contribution in [3.63, 3.8) is 0 Å². The lowest BCUT2D eigenvalue weighted by molar-refractivity contribution is 0.415. The van der Waals surface area contributed by atoms with Gasteiger partial charge < -0.3 is 14.4 Å². The van der Waals surface area contributed by atoms with E-state index in [0.29, 0.717) is 0 Å². The average molecular weight is 292 g/mol. The molecule has 4 rings (SSSR count). The fraction of sp³-hybridized carbons (Fsp3) is 0.111. The van der Waals surface area contributed by atoms with E-state index in [9.17, 15) is 5.11 Å². The Hall–Kier alpha value is -2.88. The van der Waals surface area contributed by atoms with Gasteiger partial charge in [-0.25, -0.2) is 0 Å². The maximum atomic E-state index is 10.5. The van der Waals surface area contributed by atoms with Crippen LogP contribution < -0.4 is 4.74 Å². The zero-order valence-electron chi connectivity index (χ0n) is 12.4. The van der Waals surface area contributed by atoms with Gasteiger partial charge in [-0.3, -0.25) is 4.57 Å². The first-order valence-corrected chi connectivity index (χ1v) is 7.11. The molecule has 0 saturated carbocycles. The van der Waals surface area contributed by atoms with Crippen molar-refractivity contribution < 1.29 is 9.84 Å². The van der Waals surface area contributed by atoms with Crippen LogP contribution in [0, 0.1) is 0 Å². The van der Waals surface area contributed by atoms with Crippen LogP contribution in [-0.2, 0) is 7.05 Å². The number of aryl methyl sites for hydroxylation is 1. The number of methoxy groups -OCH3 is 1. The van der Waals surface area contributed by atoms with E-state index in [1.807, 2.05) is 43.7 Å². The molecule has 0 amide bonds. The van der Waals surface area contributed by atoms with Crippen LogP contribution >= 0.6 is 0 Å². The van der Waals surface area contributed by atoms with E-state index in [4.69, 9.17) is 4.74 Å². The predicted octanol–water partition coefficient (Wildman–Crippen LogP) is 3.84. The highest BCUT2D eigenvalue weighted by Crippen LogP contribution is 2.33. The number of aromatic hydroxyl groups is 1. The Bertz CT molecular complexity index is 995. The van der Waals surface area contributed by atoms with Crippen LogP contribution in [0.5, 0.6) is 11.6 Å². The van der Waals surface area contributed by atoms with Crippen LogP contribution in [0.25, 0.3) is 27.4 Å². The summed E-state index contributed by atoms with van der Waals surface area (Å²) >= 11 is 0. The average Bonchev–Trinajstić information content (AvgIpc) is 3.08. The molecule has 0 spiro atoms. The third kappa shape index (κ3) is 1.77. The number of nitrogens with zero attached hydrogens (tertiary/aromatic N) is 2. The number of hydrogen-bond acceptors (Lipinski definition) is 2. The summed E-state index contributed by atoms with van der Waals surface area (Å²) in [5, 5.41) is 13.5. The molecule has 0 fully saturated rings. The second-order valence-electron chi connectivity index (χ2n) is 5.45. The number of rotatable bonds is 2. The van der Waals surface area contributed by atoms with Gasteiger partial charge in [-0.05, 0) is 41.8 Å². The topological polar surface area (TPSA) is 39.3 Å². The molecule has 0 aliphatic heterocycles. The van der Waals surface area contributed by atoms with E-state index in [0.717, 1.165) is 27.7 Å². The molecular weight excluding hydrogens is 276 g/mol. The summed E-state index contributed by atoms with van der Waals surface area (Å²) in [6, 6.07) is 13.9. The maximum absolute atomic E-state index is 10.5. The van der Waals surface area contributed by atoms with Crippen molar-refractivity contribution in [1.29, 1.82) is 0 Å². The standard InChI is InChI=1S/C18H16N2O2/c1-19-8-7-12-3-4-14(10-17(12)19)20-11-13-9-15(22-2)5-6-16(13)18(20)21/h3-11,21H,1-2H3. The van der Waals surface area contributed by atoms with E-state index >= 15 is 0 Å². The minimum Gasteiger partial charge on any atom is -0.497 e. The lowest BCUT2D eigenvalue weighted by Gasteiger charge is -2.06. The fourth-order valence-electron chi connectivity index (χ4n) is 2.91. The second kappa shape index (κ2) is 4.56. The molecular formula is C18H16N2O2. The molecule has 4 heteroatoms. The minimum atomic E-state index is 0.242. The number of hydrogen-bond donors (Lipinski definition) is 1. The van der Waals surface area contributed by atoms with Crippen LogP contribution in [0.3, 0.4) is 0 Å². The maximum Gasteiger partial charge on any atom is 0.203 e. The van der Waals surface area contributed by atoms with Gasteiger partial charge in [0.05, 0.1) is 12.8 Å². The molecule has 0 aliphatic rings. The van der Waals surface area contributed by atoms with Crippen molar-refractivity contribution in [2.24, 2.45) is 7.05 Å². The molecule has 110 valence electrons. The van der Waals surface area contributed by atoms with E-state index in [2.05, 4.69) is 22.8 Å². The van der Waals surface area contributed by atoms with Gasteiger partial charge >= 0.3 is 0 Å². The van der Waals surface area contributed by atoms with Crippen molar-refractivity contribution in [2.75, 3.05) is 7.11 Å². The van der Waals surface area contributed by atoms with Crippen LogP contribution in [-0.4, -0.2) is 21.4 Å². The molecule has 4 aromatic rings. The van der Waals surface area contributed by atoms with Gasteiger partial charge in [0.15, 0.2) is 0 Å². The third-order valence-corrected chi connectivity index (χ3v) is 4.15. The van der Waals surface area contributed by atoms with Crippen LogP contribution in [0.1, 0.15) is 0 Å². The first kappa shape index (κ1) is 12.8. The molecule has 22 heavy (non-hydrogen) atoms. The molecule has 4 nitrogen and oxygen atoms in total. The van der Waals surface area contributed by atoms with Gasteiger partial charge in [-0.1, -0.05) is 6.07 Å². The molecule has 0 aliphatic carbocycles. The highest BCUT2D eigenvalue weighted by atomic mass is 16.5. The third-order valence-electron chi connectivity index (χ3n) is 4.15. The van der Waals surface area contributed by atoms with Crippen molar-refractivity contribution in [3.8, 4) is 17.3 Å². The Morgan fingerprint density at radius 2 is 1.86 bits per heavy atom. The van der Waals surface area contributed by atoms with E-state index in [1.54, 1.807) is 11.7 Å². The Kier molecular flexibility index (Phi) is 2.66. The summed E-state index contributed by atoms with van der Waals surface area (Å²) in [7, 11) is 3.66. The summed E-state index contributed by atoms with van der Waals surface area (Å²) in [6.45, 7) is 0. The Balaban J connectivity index is 1.94. The quantitative estimate of drug-likeness (QED) is 0.610. The van der Waals surface area contributed by atoms with Crippen molar-refractivity contribution in [2.45, 2.75) is 0 Å². The van der Waals surface area contributed by atoms with Crippen LogP contribution in [0.15, 0.2) is 54.9 Å². The summed E-state index contributed by atoms with van der Waals surface area (Å²) in [6.07, 6.45) is 3.96. The van der Waals surface area contributed by atoms with Gasteiger partial charge in [0, 0.05) is 35.7 Å². The second-order valence-corrected chi connectivity index (χ2v) is 5.45. The first-order valence-electron chi connectivity index (χ1n) is 7.11. The number of fused-ring (bicyclic) bond motifs is 2. The highest BCUT2D eigenvalue weighted by molar-refractivity contribution is 5.90. The van der Waals surface area contributed by atoms with Gasteiger partial charge in [0.25, 0.3) is 0 Å². The molecule has 2 aromatic carbocycles. The SMILES string of the molecule is COc1ccc2c(O)n(-c3ccc4ccn(C)c4c3)cc2c1. The number of benzene rings is 2. The Morgan fingerprint density at radius 3 is 2.68 bits per heavy atom. The summed E-state index contributed by atoms with van der Waals surface area (Å²) in [5.41, 5.74) is 2.06. The molecule has 0 bridgehead atoms. The summed E-state index contributed by atoms with van der Waals surface area (Å²) in [4.78, 5) is 0. The van der Waals surface area contributed by atoms with E-state index in [1.165, 1.54) is 5.39 Å². The molecule has 2 heterocycles. The fourth-order valence-corrected chi connectivity index (χ4v) is 2.91. The molecule has 0 atom stereocenters. The van der Waals surface area contributed by atoms with Crippen molar-refractivity contribution in [3.05, 3.63) is 54.9 Å². The van der Waals surface area contributed by atoms with E-state index < -0.39 is 0 Å². The molecule has 0 saturated heterocycles. The first-order chi connectivity index (χ1) is 10.7. The lowest BCUT2D eigenvalue weighted by Crippen LogP contribution is -1.92. The zero-order chi connectivity index (χ0) is 15.3. The Labute approximate surface area is 127 Å². The largest absolute Gasteiger partial charge is 0.497 e. The molecule has 0 unspecified atom stereocenters. The van der Waals surface area contributed by atoms with Gasteiger partial charge in [-0.15, -0.1) is 0 Å². The van der Waals surface area contributed by atoms with Gasteiger partial charge in [0.1, 0.15) is 5.75 Å².